The highest BCUT2D eigenvalue weighted by molar-refractivity contribution is 6.00. The van der Waals surface area contributed by atoms with E-state index in [2.05, 4.69) is 36.9 Å². The Labute approximate surface area is 233 Å². The van der Waals surface area contributed by atoms with Crippen LogP contribution in [0.4, 0.5) is 8.78 Å². The van der Waals surface area contributed by atoms with Gasteiger partial charge in [0.15, 0.2) is 5.84 Å². The van der Waals surface area contributed by atoms with E-state index in [1.807, 2.05) is 30.3 Å². The Morgan fingerprint density at radius 1 is 0.976 bits per heavy atom. The second kappa shape index (κ2) is 11.1. The molecule has 9 nitrogen and oxygen atoms in total. The van der Waals surface area contributed by atoms with Gasteiger partial charge in [0, 0.05) is 40.5 Å². The third-order valence-corrected chi connectivity index (χ3v) is 6.82. The predicted molar refractivity (Wildman–Crippen MR) is 150 cm³/mol. The van der Waals surface area contributed by atoms with Crippen molar-refractivity contribution in [2.75, 3.05) is 0 Å². The van der Waals surface area contributed by atoms with Crippen LogP contribution in [0.15, 0.2) is 90.3 Å². The molecule has 41 heavy (non-hydrogen) atoms. The standard InChI is InChI=1S/C30H25F2N7O2/c31-21-9-17(10-22(32)14-21)11-27(35-28(41)13-20-16-34-26-7-6-23(40)15-25(20)26)29-24(5-2-8-33-29)18-3-1-4-19(12-18)30-36-38-39-37-30/h1-10,12,14-16,27,34,38-40H,11,13H2,(H,35,41)(H,36,37)/t27-/m0/s1. The highest BCUT2D eigenvalue weighted by Crippen LogP contribution is 2.30. The molecule has 1 atom stereocenters. The van der Waals surface area contributed by atoms with E-state index in [-0.39, 0.29) is 24.5 Å². The molecule has 0 saturated heterocycles. The van der Waals surface area contributed by atoms with Crippen molar-refractivity contribution in [2.45, 2.75) is 18.9 Å². The number of hydrogen-bond acceptors (Lipinski definition) is 7. The number of carbonyl (C=O) groups is 1. The van der Waals surface area contributed by atoms with Gasteiger partial charge in [0.2, 0.25) is 5.91 Å². The maximum absolute atomic E-state index is 14.1. The number of halogens is 2. The number of carbonyl (C=O) groups excluding carboxylic acids is 1. The van der Waals surface area contributed by atoms with Crippen LogP contribution in [0, 0.1) is 11.6 Å². The summed E-state index contributed by atoms with van der Waals surface area (Å²) in [6.07, 6.45) is 3.45. The number of aromatic amines is 1. The lowest BCUT2D eigenvalue weighted by molar-refractivity contribution is -0.121. The van der Waals surface area contributed by atoms with Crippen LogP contribution in [-0.4, -0.2) is 26.8 Å². The third kappa shape index (κ3) is 5.70. The number of rotatable bonds is 8. The Bertz CT molecular complexity index is 1770. The summed E-state index contributed by atoms with van der Waals surface area (Å²) in [6.45, 7) is 0. The second-order valence-electron chi connectivity index (χ2n) is 9.66. The monoisotopic (exact) mass is 553 g/mol. The lowest BCUT2D eigenvalue weighted by Crippen LogP contribution is -2.35. The minimum atomic E-state index is -0.715. The minimum absolute atomic E-state index is 0.0145. The van der Waals surface area contributed by atoms with Crippen molar-refractivity contribution in [3.63, 3.8) is 0 Å². The zero-order chi connectivity index (χ0) is 28.3. The van der Waals surface area contributed by atoms with Gasteiger partial charge < -0.3 is 15.4 Å². The summed E-state index contributed by atoms with van der Waals surface area (Å²) in [5.74, 6) is -1.03. The molecule has 3 aromatic carbocycles. The normalized spacial score (nSPS) is 13.4. The van der Waals surface area contributed by atoms with Gasteiger partial charge in [-0.1, -0.05) is 24.3 Å². The molecular weight excluding hydrogens is 528 g/mol. The van der Waals surface area contributed by atoms with E-state index in [1.165, 1.54) is 12.1 Å². The fraction of sp³-hybridized carbons (Fsp3) is 0.100. The number of fused-ring (bicyclic) bond motifs is 1. The fourth-order valence-corrected chi connectivity index (χ4v) is 5.02. The smallest absolute Gasteiger partial charge is 0.225 e. The number of nitrogens with zero attached hydrogens (tertiary/aromatic N) is 2. The Morgan fingerprint density at radius 2 is 1.80 bits per heavy atom. The Morgan fingerprint density at radius 3 is 2.61 bits per heavy atom. The molecule has 1 amide bonds. The summed E-state index contributed by atoms with van der Waals surface area (Å²) in [5, 5.41) is 17.9. The largest absolute Gasteiger partial charge is 0.508 e. The van der Waals surface area contributed by atoms with Crippen molar-refractivity contribution in [3.05, 3.63) is 119 Å². The number of amidine groups is 1. The van der Waals surface area contributed by atoms with Crippen LogP contribution in [0.3, 0.4) is 0 Å². The lowest BCUT2D eigenvalue weighted by Gasteiger charge is -2.22. The van der Waals surface area contributed by atoms with Crippen molar-refractivity contribution in [2.24, 2.45) is 5.10 Å². The predicted octanol–water partition coefficient (Wildman–Crippen LogP) is 4.13. The quantitative estimate of drug-likeness (QED) is 0.172. The molecule has 1 aliphatic heterocycles. The Kier molecular flexibility index (Phi) is 7.00. The van der Waals surface area contributed by atoms with E-state index in [0.29, 0.717) is 22.7 Å². The first-order valence-electron chi connectivity index (χ1n) is 12.9. The third-order valence-electron chi connectivity index (χ3n) is 6.82. The van der Waals surface area contributed by atoms with E-state index in [4.69, 9.17) is 0 Å². The Hall–Kier alpha value is -5.29. The summed E-state index contributed by atoms with van der Waals surface area (Å²) in [7, 11) is 0. The van der Waals surface area contributed by atoms with Crippen LogP contribution in [0.5, 0.6) is 5.75 Å². The number of aromatic nitrogens is 2. The van der Waals surface area contributed by atoms with Crippen LogP contribution < -0.4 is 21.8 Å². The summed E-state index contributed by atoms with van der Waals surface area (Å²) in [6, 6.07) is 18.8. The maximum Gasteiger partial charge on any atom is 0.225 e. The molecule has 0 bridgehead atoms. The summed E-state index contributed by atoms with van der Waals surface area (Å²) in [5.41, 5.74) is 13.0. The summed E-state index contributed by atoms with van der Waals surface area (Å²) < 4.78 is 28.2. The van der Waals surface area contributed by atoms with Crippen molar-refractivity contribution >= 4 is 22.6 Å². The minimum Gasteiger partial charge on any atom is -0.508 e. The molecule has 6 rings (SSSR count). The topological polar surface area (TPSA) is 126 Å². The number of aromatic hydroxyl groups is 1. The van der Waals surface area contributed by atoms with Gasteiger partial charge in [-0.15, -0.1) is 10.6 Å². The van der Waals surface area contributed by atoms with Crippen LogP contribution in [-0.2, 0) is 17.6 Å². The molecule has 1 aliphatic rings. The summed E-state index contributed by atoms with van der Waals surface area (Å²) in [4.78, 5) is 21.2. The SMILES string of the molecule is O=C(Cc1c[nH]c2ccc(O)cc12)N[C@@H](Cc1cc(F)cc(F)c1)c1ncccc1-c1cccc(C2=NNNN2)c1. The molecule has 0 fully saturated rings. The lowest BCUT2D eigenvalue weighted by atomic mass is 9.94. The molecule has 206 valence electrons. The van der Waals surface area contributed by atoms with Crippen LogP contribution >= 0.6 is 0 Å². The van der Waals surface area contributed by atoms with Crippen molar-refractivity contribution in [1.82, 2.24) is 31.8 Å². The molecule has 6 N–H and O–H groups in total. The number of nitrogens with one attached hydrogen (secondary N) is 5. The summed E-state index contributed by atoms with van der Waals surface area (Å²) >= 11 is 0. The van der Waals surface area contributed by atoms with E-state index in [1.54, 1.807) is 36.7 Å². The number of hydrazone groups is 1. The van der Waals surface area contributed by atoms with Gasteiger partial charge in [0.1, 0.15) is 17.4 Å². The molecule has 0 aliphatic carbocycles. The zero-order valence-corrected chi connectivity index (χ0v) is 21.6. The molecule has 0 saturated carbocycles. The molecule has 2 aromatic heterocycles. The molecular formula is C30H25F2N7O2. The molecule has 0 unspecified atom stereocenters. The molecule has 0 radical (unpaired) electrons. The van der Waals surface area contributed by atoms with E-state index in [9.17, 15) is 18.7 Å². The van der Waals surface area contributed by atoms with Gasteiger partial charge in [0.05, 0.1) is 18.2 Å². The van der Waals surface area contributed by atoms with E-state index in [0.717, 1.165) is 33.7 Å². The second-order valence-corrected chi connectivity index (χ2v) is 9.66. The van der Waals surface area contributed by atoms with Gasteiger partial charge in [-0.3, -0.25) is 15.2 Å². The van der Waals surface area contributed by atoms with Crippen molar-refractivity contribution in [3.8, 4) is 16.9 Å². The van der Waals surface area contributed by atoms with Gasteiger partial charge in [-0.25, -0.2) is 14.3 Å². The van der Waals surface area contributed by atoms with Crippen molar-refractivity contribution in [1.29, 1.82) is 0 Å². The van der Waals surface area contributed by atoms with Crippen LogP contribution in [0.25, 0.3) is 22.0 Å². The van der Waals surface area contributed by atoms with Crippen LogP contribution in [0.2, 0.25) is 0 Å². The molecule has 3 heterocycles. The number of pyridine rings is 1. The Balaban J connectivity index is 1.35. The molecule has 0 spiro atoms. The highest BCUT2D eigenvalue weighted by atomic mass is 19.1. The number of phenols is 1. The number of benzene rings is 3. The van der Waals surface area contributed by atoms with Gasteiger partial charge in [0.25, 0.3) is 0 Å². The highest BCUT2D eigenvalue weighted by Gasteiger charge is 2.23. The number of H-pyrrole nitrogens is 1. The fourth-order valence-electron chi connectivity index (χ4n) is 5.02. The number of hydrogen-bond donors (Lipinski definition) is 6. The first-order valence-corrected chi connectivity index (χ1v) is 12.9. The first kappa shape index (κ1) is 26.0. The average molecular weight is 554 g/mol. The first-order chi connectivity index (χ1) is 19.9. The molecule has 11 heteroatoms. The van der Waals surface area contributed by atoms with Gasteiger partial charge in [-0.2, -0.15) is 0 Å². The molecule has 5 aromatic rings. The number of hydrazine groups is 2. The van der Waals surface area contributed by atoms with E-state index < -0.39 is 17.7 Å². The number of amides is 1. The van der Waals surface area contributed by atoms with Gasteiger partial charge in [-0.05, 0) is 65.6 Å². The van der Waals surface area contributed by atoms with E-state index >= 15 is 0 Å². The van der Waals surface area contributed by atoms with Gasteiger partial charge >= 0.3 is 0 Å². The van der Waals surface area contributed by atoms with Crippen LogP contribution in [0.1, 0.15) is 28.4 Å². The zero-order valence-electron chi connectivity index (χ0n) is 21.6. The maximum atomic E-state index is 14.1. The van der Waals surface area contributed by atoms with Crippen molar-refractivity contribution < 1.29 is 18.7 Å². The average Bonchev–Trinajstić information content (AvgIpc) is 3.63. The number of phenolic OH excluding ortho intramolecular Hbond substituents is 1.